The third kappa shape index (κ3) is 5.94. The summed E-state index contributed by atoms with van der Waals surface area (Å²) in [7, 11) is 0. The second-order valence-electron chi connectivity index (χ2n) is 8.80. The van der Waals surface area contributed by atoms with Gasteiger partial charge in [0.15, 0.2) is 6.10 Å². The molecule has 0 aliphatic heterocycles. The highest BCUT2D eigenvalue weighted by atomic mass is 16.7. The van der Waals surface area contributed by atoms with Crippen LogP contribution >= 0.6 is 0 Å². The summed E-state index contributed by atoms with van der Waals surface area (Å²) in [6, 6.07) is 16.4. The Hall–Kier alpha value is -3.39. The molecule has 3 N–H and O–H groups in total. The van der Waals surface area contributed by atoms with Gasteiger partial charge in [0.1, 0.15) is 6.61 Å². The van der Waals surface area contributed by atoms with E-state index in [9.17, 15) is 14.4 Å². The molecule has 2 aliphatic rings. The highest BCUT2D eigenvalue weighted by Gasteiger charge is 2.38. The summed E-state index contributed by atoms with van der Waals surface area (Å²) >= 11 is 0. The normalized spacial score (nSPS) is 15.2. The third-order valence-electron chi connectivity index (χ3n) is 6.29. The molecule has 180 valence electrons. The first-order chi connectivity index (χ1) is 16.5. The van der Waals surface area contributed by atoms with Crippen LogP contribution in [0.1, 0.15) is 55.6 Å². The molecule has 0 bridgehead atoms. The maximum Gasteiger partial charge on any atom is 0.407 e. The molecular weight excluding hydrogens is 436 g/mol. The van der Waals surface area contributed by atoms with E-state index in [-0.39, 0.29) is 30.8 Å². The Bertz CT molecular complexity index is 990. The van der Waals surface area contributed by atoms with E-state index in [2.05, 4.69) is 35.1 Å². The Morgan fingerprint density at radius 3 is 2.21 bits per heavy atom. The maximum absolute atomic E-state index is 12.2. The van der Waals surface area contributed by atoms with Crippen LogP contribution in [-0.4, -0.2) is 42.3 Å². The predicted octanol–water partition coefficient (Wildman–Crippen LogP) is 4.00. The van der Waals surface area contributed by atoms with Crippen molar-refractivity contribution in [2.75, 3.05) is 13.2 Å². The summed E-state index contributed by atoms with van der Waals surface area (Å²) in [5.41, 5.74) is 6.96. The first kappa shape index (κ1) is 23.8. The van der Waals surface area contributed by atoms with Gasteiger partial charge in [0.2, 0.25) is 5.91 Å². The number of benzene rings is 2. The second kappa shape index (κ2) is 11.2. The lowest BCUT2D eigenvalue weighted by molar-refractivity contribution is -0.162. The fourth-order valence-corrected chi connectivity index (χ4v) is 4.35. The van der Waals surface area contributed by atoms with Gasteiger partial charge in [0, 0.05) is 18.9 Å². The molecule has 2 aliphatic carbocycles. The van der Waals surface area contributed by atoms with Crippen molar-refractivity contribution in [3.05, 3.63) is 59.7 Å². The predicted molar refractivity (Wildman–Crippen MR) is 125 cm³/mol. The van der Waals surface area contributed by atoms with E-state index in [0.29, 0.717) is 19.4 Å². The molecule has 2 amide bonds. The summed E-state index contributed by atoms with van der Waals surface area (Å²) in [5.74, 6) is -1.38. The zero-order valence-electron chi connectivity index (χ0n) is 19.0. The van der Waals surface area contributed by atoms with Crippen LogP contribution < -0.4 is 10.8 Å². The summed E-state index contributed by atoms with van der Waals surface area (Å²) in [5, 5.41) is 11.8. The van der Waals surface area contributed by atoms with Crippen LogP contribution in [0.2, 0.25) is 0 Å². The van der Waals surface area contributed by atoms with Crippen LogP contribution in [0.4, 0.5) is 4.79 Å². The molecule has 4 rings (SSSR count). The number of unbranched alkanes of at least 4 members (excludes halogenated alkanes) is 2. The van der Waals surface area contributed by atoms with E-state index >= 15 is 0 Å². The number of rotatable bonds is 12. The zero-order chi connectivity index (χ0) is 23.9. The largest absolute Gasteiger partial charge is 0.479 e. The molecule has 34 heavy (non-hydrogen) atoms. The molecule has 8 nitrogen and oxygen atoms in total. The monoisotopic (exact) mass is 466 g/mol. The highest BCUT2D eigenvalue weighted by molar-refractivity contribution is 5.79. The molecule has 0 aromatic heterocycles. The first-order valence-corrected chi connectivity index (χ1v) is 11.8. The number of carbonyl (C=O) groups excluding carboxylic acids is 2. The topological polar surface area (TPSA) is 114 Å². The van der Waals surface area contributed by atoms with Gasteiger partial charge in [0.25, 0.3) is 0 Å². The van der Waals surface area contributed by atoms with Crippen molar-refractivity contribution in [1.29, 1.82) is 0 Å². The van der Waals surface area contributed by atoms with Gasteiger partial charge >= 0.3 is 12.1 Å². The first-order valence-electron chi connectivity index (χ1n) is 11.8. The minimum Gasteiger partial charge on any atom is -0.479 e. The Balaban J connectivity index is 1.10. The quantitative estimate of drug-likeness (QED) is 0.322. The van der Waals surface area contributed by atoms with Crippen molar-refractivity contribution < 1.29 is 29.1 Å². The third-order valence-corrected chi connectivity index (χ3v) is 6.29. The molecule has 0 saturated heterocycles. The minimum atomic E-state index is -1.05. The van der Waals surface area contributed by atoms with E-state index in [1.54, 1.807) is 0 Å². The average Bonchev–Trinajstić information content (AvgIpc) is 3.62. The van der Waals surface area contributed by atoms with Gasteiger partial charge in [-0.25, -0.2) is 15.1 Å². The molecule has 1 fully saturated rings. The number of carboxylic acid groups (broad SMARTS) is 1. The maximum atomic E-state index is 12.2. The summed E-state index contributed by atoms with van der Waals surface area (Å²) < 4.78 is 5.50. The molecule has 1 atom stereocenters. The van der Waals surface area contributed by atoms with Crippen LogP contribution in [0.15, 0.2) is 48.5 Å². The lowest BCUT2D eigenvalue weighted by Crippen LogP contribution is -2.35. The Morgan fingerprint density at radius 2 is 1.59 bits per heavy atom. The summed E-state index contributed by atoms with van der Waals surface area (Å²) in [6.07, 6.45) is 2.50. The smallest absolute Gasteiger partial charge is 0.407 e. The van der Waals surface area contributed by atoms with E-state index in [1.165, 1.54) is 22.3 Å². The standard InChI is InChI=1S/C26H30N2O6/c29-23(28-34-24(25(30)31)17-13-14-17)12-2-1-7-15-27-26(32)33-16-22-20-10-5-3-8-18(20)19-9-4-6-11-21(19)22/h3-6,8-11,17,22,24H,1-2,7,12-16H2,(H,27,32)(H,28,29)(H,30,31). The number of carbonyl (C=O) groups is 3. The molecule has 1 unspecified atom stereocenters. The number of fused-ring (bicyclic) bond motifs is 3. The van der Waals surface area contributed by atoms with Crippen LogP contribution in [0.3, 0.4) is 0 Å². The van der Waals surface area contributed by atoms with Gasteiger partial charge in [-0.1, -0.05) is 55.0 Å². The Kier molecular flexibility index (Phi) is 7.80. The number of nitrogens with one attached hydrogen (secondary N) is 2. The fraction of sp³-hybridized carbons (Fsp3) is 0.423. The molecule has 0 spiro atoms. The number of hydroxylamine groups is 1. The second-order valence-corrected chi connectivity index (χ2v) is 8.80. The van der Waals surface area contributed by atoms with E-state index in [1.807, 2.05) is 24.3 Å². The van der Waals surface area contributed by atoms with E-state index in [4.69, 9.17) is 14.7 Å². The number of alkyl carbamates (subject to hydrolysis) is 1. The van der Waals surface area contributed by atoms with Gasteiger partial charge in [-0.05, 0) is 53.9 Å². The van der Waals surface area contributed by atoms with E-state index < -0.39 is 18.2 Å². The average molecular weight is 467 g/mol. The van der Waals surface area contributed by atoms with Crippen LogP contribution in [-0.2, 0) is 19.2 Å². The number of hydrogen-bond acceptors (Lipinski definition) is 5. The van der Waals surface area contributed by atoms with Gasteiger partial charge in [-0.3, -0.25) is 9.63 Å². The van der Waals surface area contributed by atoms with Crippen molar-refractivity contribution in [2.24, 2.45) is 5.92 Å². The van der Waals surface area contributed by atoms with Crippen molar-refractivity contribution in [3.63, 3.8) is 0 Å². The van der Waals surface area contributed by atoms with Crippen molar-refractivity contribution >= 4 is 18.0 Å². The molecular formula is C26H30N2O6. The Labute approximate surface area is 198 Å². The fourth-order valence-electron chi connectivity index (χ4n) is 4.35. The van der Waals surface area contributed by atoms with Crippen LogP contribution in [0, 0.1) is 5.92 Å². The number of carboxylic acids is 1. The highest BCUT2D eigenvalue weighted by Crippen LogP contribution is 2.44. The SMILES string of the molecule is O=C(CCCCCNC(=O)OCC1c2ccccc2-c2ccccc21)NOC(C(=O)O)C1CC1. The summed E-state index contributed by atoms with van der Waals surface area (Å²) in [6.45, 7) is 0.732. The van der Waals surface area contributed by atoms with Gasteiger partial charge in [-0.2, -0.15) is 0 Å². The molecule has 0 radical (unpaired) electrons. The summed E-state index contributed by atoms with van der Waals surface area (Å²) in [4.78, 5) is 40.1. The number of aliphatic carboxylic acids is 1. The van der Waals surface area contributed by atoms with Crippen LogP contribution in [0.25, 0.3) is 11.1 Å². The Morgan fingerprint density at radius 1 is 0.941 bits per heavy atom. The minimum absolute atomic E-state index is 0.0122. The van der Waals surface area contributed by atoms with Crippen molar-refractivity contribution in [1.82, 2.24) is 10.8 Å². The molecule has 1 saturated carbocycles. The lowest BCUT2D eigenvalue weighted by atomic mass is 9.98. The number of amides is 2. The number of hydrogen-bond donors (Lipinski definition) is 3. The molecule has 0 heterocycles. The van der Waals surface area contributed by atoms with E-state index in [0.717, 1.165) is 19.3 Å². The molecule has 8 heteroatoms. The van der Waals surface area contributed by atoms with Gasteiger partial charge in [0.05, 0.1) is 0 Å². The van der Waals surface area contributed by atoms with Crippen molar-refractivity contribution in [2.45, 2.75) is 50.5 Å². The lowest BCUT2D eigenvalue weighted by Gasteiger charge is -2.14. The van der Waals surface area contributed by atoms with Gasteiger partial charge < -0.3 is 15.2 Å². The zero-order valence-corrected chi connectivity index (χ0v) is 19.0. The van der Waals surface area contributed by atoms with Crippen molar-refractivity contribution in [3.8, 4) is 11.1 Å². The number of ether oxygens (including phenoxy) is 1. The van der Waals surface area contributed by atoms with Gasteiger partial charge in [-0.15, -0.1) is 0 Å². The van der Waals surface area contributed by atoms with Crippen LogP contribution in [0.5, 0.6) is 0 Å². The molecule has 2 aromatic carbocycles. The molecule has 2 aromatic rings.